The first-order valence-corrected chi connectivity index (χ1v) is 12.8. The third-order valence-corrected chi connectivity index (χ3v) is 7.96. The van der Waals surface area contributed by atoms with Crippen LogP contribution in [-0.4, -0.2) is 45.8 Å². The fourth-order valence-electron chi connectivity index (χ4n) is 6.20. The Morgan fingerprint density at radius 3 is 2.68 bits per heavy atom. The summed E-state index contributed by atoms with van der Waals surface area (Å²) in [5.41, 5.74) is 4.98. The minimum Gasteiger partial charge on any atom is -0.508 e. The lowest BCUT2D eigenvalue weighted by molar-refractivity contribution is -0.130. The lowest BCUT2D eigenvalue weighted by Gasteiger charge is -2.39. The first kappa shape index (κ1) is 24.7. The molecule has 2 N–H and O–H groups in total. The molecule has 1 fully saturated rings. The zero-order chi connectivity index (χ0) is 25.9. The second-order valence-corrected chi connectivity index (χ2v) is 10.1. The van der Waals surface area contributed by atoms with Crippen LogP contribution in [0.4, 0.5) is 0 Å². The van der Waals surface area contributed by atoms with Crippen molar-refractivity contribution in [3.05, 3.63) is 94.9 Å². The number of nitrogens with one attached hydrogen (secondary N) is 1. The quantitative estimate of drug-likeness (QED) is 0.465. The number of nitrogens with zero attached hydrogens (tertiary/aromatic N) is 2. The van der Waals surface area contributed by atoms with Gasteiger partial charge in [0.2, 0.25) is 12.3 Å². The Morgan fingerprint density at radius 2 is 2.00 bits per heavy atom. The Hall–Kier alpha value is -4.00. The first-order chi connectivity index (χ1) is 18.0. The van der Waals surface area contributed by atoms with E-state index in [9.17, 15) is 19.5 Å². The number of imide groups is 1. The summed E-state index contributed by atoms with van der Waals surface area (Å²) in [5.74, 6) is -0.788. The van der Waals surface area contributed by atoms with E-state index in [1.165, 1.54) is 17.7 Å². The topological polar surface area (TPSA) is 99.6 Å². The van der Waals surface area contributed by atoms with Crippen molar-refractivity contribution in [2.24, 2.45) is 17.8 Å². The van der Waals surface area contributed by atoms with Gasteiger partial charge in [0, 0.05) is 36.3 Å². The molecule has 1 aromatic carbocycles. The lowest BCUT2D eigenvalue weighted by Crippen LogP contribution is -2.45. The molecule has 0 spiro atoms. The van der Waals surface area contributed by atoms with Gasteiger partial charge in [0.05, 0.1) is 6.04 Å². The maximum absolute atomic E-state index is 13.9. The van der Waals surface area contributed by atoms with Gasteiger partial charge >= 0.3 is 0 Å². The lowest BCUT2D eigenvalue weighted by atomic mass is 9.66. The molecule has 7 nitrogen and oxygen atoms in total. The van der Waals surface area contributed by atoms with E-state index in [0.717, 1.165) is 29.6 Å². The maximum Gasteiger partial charge on any atom is 0.254 e. The van der Waals surface area contributed by atoms with Crippen molar-refractivity contribution < 1.29 is 19.5 Å². The normalized spacial score (nSPS) is 24.9. The number of rotatable bonds is 6. The second-order valence-electron chi connectivity index (χ2n) is 10.1. The van der Waals surface area contributed by atoms with Gasteiger partial charge in [-0.15, -0.1) is 0 Å². The molecule has 5 rings (SSSR count). The number of hydrogen-bond acceptors (Lipinski definition) is 5. The second kappa shape index (κ2) is 10.5. The minimum atomic E-state index is -0.384. The van der Waals surface area contributed by atoms with E-state index in [1.54, 1.807) is 18.3 Å². The number of hydrogen-bond donors (Lipinski definition) is 2. The summed E-state index contributed by atoms with van der Waals surface area (Å²) in [5, 5.41) is 12.1. The van der Waals surface area contributed by atoms with Crippen LogP contribution in [0.3, 0.4) is 0 Å². The van der Waals surface area contributed by atoms with Gasteiger partial charge < -0.3 is 10.0 Å². The molecule has 3 aliphatic rings. The van der Waals surface area contributed by atoms with E-state index in [1.807, 2.05) is 23.2 Å². The largest absolute Gasteiger partial charge is 0.508 e. The summed E-state index contributed by atoms with van der Waals surface area (Å²) in [6, 6.07) is 10.1. The van der Waals surface area contributed by atoms with E-state index < -0.39 is 0 Å². The number of allylic oxidation sites excluding steroid dienone is 3. The van der Waals surface area contributed by atoms with E-state index in [2.05, 4.69) is 35.5 Å². The van der Waals surface area contributed by atoms with Gasteiger partial charge in [0.25, 0.3) is 5.91 Å². The average molecular weight is 498 g/mol. The number of phenolic OH excluding ortho intramolecular Hbond substituents is 1. The molecular formula is C30H31N3O4. The molecule has 1 aromatic heterocycles. The highest BCUT2D eigenvalue weighted by atomic mass is 16.3. The van der Waals surface area contributed by atoms with Gasteiger partial charge in [-0.1, -0.05) is 36.8 Å². The van der Waals surface area contributed by atoms with Gasteiger partial charge in [-0.05, 0) is 78.6 Å². The minimum absolute atomic E-state index is 0.0575. The van der Waals surface area contributed by atoms with Crippen LogP contribution in [0.5, 0.6) is 5.75 Å². The number of phenols is 1. The van der Waals surface area contributed by atoms with Crippen LogP contribution < -0.4 is 5.32 Å². The van der Waals surface area contributed by atoms with E-state index >= 15 is 0 Å². The van der Waals surface area contributed by atoms with Crippen LogP contribution in [-0.2, 0) is 16.0 Å². The molecule has 2 unspecified atom stereocenters. The number of fused-ring (bicyclic) bond motifs is 1. The number of amides is 3. The highest BCUT2D eigenvalue weighted by Crippen LogP contribution is 2.49. The number of carbonyl (C=O) groups excluding carboxylic acids is 3. The molecule has 190 valence electrons. The molecule has 37 heavy (non-hydrogen) atoms. The maximum atomic E-state index is 13.9. The summed E-state index contributed by atoms with van der Waals surface area (Å²) in [6.07, 6.45) is 13.5. The summed E-state index contributed by atoms with van der Waals surface area (Å²) in [6.45, 7) is 2.54. The Kier molecular flexibility index (Phi) is 7.04. The van der Waals surface area contributed by atoms with Gasteiger partial charge in [-0.25, -0.2) is 0 Å². The van der Waals surface area contributed by atoms with Crippen LogP contribution in [0.15, 0.2) is 83.7 Å². The third kappa shape index (κ3) is 4.86. The number of aromatic hydroxyl groups is 1. The van der Waals surface area contributed by atoms with E-state index in [0.29, 0.717) is 31.4 Å². The first-order valence-electron chi connectivity index (χ1n) is 12.8. The number of carbonyl (C=O) groups is 3. The van der Waals surface area contributed by atoms with Crippen molar-refractivity contribution in [2.75, 3.05) is 6.54 Å². The molecule has 1 aliphatic heterocycles. The fraction of sp³-hybridized carbons (Fsp3) is 0.333. The summed E-state index contributed by atoms with van der Waals surface area (Å²) < 4.78 is 0. The average Bonchev–Trinajstić information content (AvgIpc) is 3.33. The molecule has 2 aromatic rings. The molecular weight excluding hydrogens is 466 g/mol. The molecule has 3 amide bonds. The Balaban J connectivity index is 1.61. The molecule has 1 saturated heterocycles. The van der Waals surface area contributed by atoms with Crippen molar-refractivity contribution in [1.82, 2.24) is 15.2 Å². The predicted octanol–water partition coefficient (Wildman–Crippen LogP) is 3.97. The number of likely N-dealkylation sites (tertiary alicyclic amines) is 1. The van der Waals surface area contributed by atoms with Crippen molar-refractivity contribution in [1.29, 1.82) is 0 Å². The van der Waals surface area contributed by atoms with Crippen LogP contribution in [0.1, 0.15) is 42.1 Å². The third-order valence-electron chi connectivity index (χ3n) is 7.96. The van der Waals surface area contributed by atoms with Crippen LogP contribution in [0.2, 0.25) is 0 Å². The molecule has 0 radical (unpaired) electrons. The van der Waals surface area contributed by atoms with Gasteiger partial charge in [-0.2, -0.15) is 0 Å². The van der Waals surface area contributed by atoms with Crippen LogP contribution in [0, 0.1) is 17.8 Å². The highest BCUT2D eigenvalue weighted by Gasteiger charge is 2.50. The molecule has 0 saturated carbocycles. The number of aromatic nitrogens is 1. The van der Waals surface area contributed by atoms with Gasteiger partial charge in [0.1, 0.15) is 5.75 Å². The summed E-state index contributed by atoms with van der Waals surface area (Å²) >= 11 is 0. The zero-order valence-electron chi connectivity index (χ0n) is 20.8. The molecule has 7 heteroatoms. The van der Waals surface area contributed by atoms with E-state index in [-0.39, 0.29) is 41.4 Å². The Labute approximate surface area is 216 Å². The Bertz CT molecular complexity index is 1280. The standard InChI is InChI=1S/C30H31N3O4/c1-19-25(29(36)32-18-34)15-23(14-20-6-5-13-31-16-20)26-17-33(30(37)22-9-11-24(35)12-10-22)28(27(19)26)21-7-3-2-4-8-21/h3,5-13,16,18-19,25,27-28,35H,2,4,14-15,17H2,1H3,(H,32,34,36)/t19?,25?,27-,28-/m0/s1. The monoisotopic (exact) mass is 497 g/mol. The van der Waals surface area contributed by atoms with Gasteiger partial charge in [-0.3, -0.25) is 24.7 Å². The summed E-state index contributed by atoms with van der Waals surface area (Å²) in [4.78, 5) is 44.3. The van der Waals surface area contributed by atoms with Crippen molar-refractivity contribution in [2.45, 2.75) is 38.6 Å². The molecule has 2 aliphatic carbocycles. The fourth-order valence-corrected chi connectivity index (χ4v) is 6.20. The molecule has 4 atom stereocenters. The Morgan fingerprint density at radius 1 is 1.19 bits per heavy atom. The van der Waals surface area contributed by atoms with Crippen molar-refractivity contribution in [3.63, 3.8) is 0 Å². The van der Waals surface area contributed by atoms with Gasteiger partial charge in [0.15, 0.2) is 0 Å². The number of pyridine rings is 1. The zero-order valence-corrected chi connectivity index (χ0v) is 20.8. The summed E-state index contributed by atoms with van der Waals surface area (Å²) in [7, 11) is 0. The van der Waals surface area contributed by atoms with Crippen molar-refractivity contribution in [3.8, 4) is 5.75 Å². The van der Waals surface area contributed by atoms with E-state index in [4.69, 9.17) is 0 Å². The molecule has 0 bridgehead atoms. The van der Waals surface area contributed by atoms with Crippen LogP contribution >= 0.6 is 0 Å². The molecule has 2 heterocycles. The SMILES string of the molecule is CC1C(C(=O)NC=O)CC(Cc2cccnc2)=C2CN(C(=O)c3ccc(O)cc3)[C@@H](C3=CCCC=C3)[C@H]21. The predicted molar refractivity (Wildman–Crippen MR) is 139 cm³/mol. The smallest absolute Gasteiger partial charge is 0.254 e. The van der Waals surface area contributed by atoms with Crippen molar-refractivity contribution >= 4 is 18.2 Å². The highest BCUT2D eigenvalue weighted by molar-refractivity contribution is 5.95. The number of benzene rings is 1. The van der Waals surface area contributed by atoms with Crippen LogP contribution in [0.25, 0.3) is 0 Å².